The van der Waals surface area contributed by atoms with Crippen LogP contribution in [-0.4, -0.2) is 21.3 Å². The summed E-state index contributed by atoms with van der Waals surface area (Å²) in [7, 11) is 0. The average Bonchev–Trinajstić information content (AvgIpc) is 2.17. The van der Waals surface area contributed by atoms with Gasteiger partial charge in [-0.1, -0.05) is 12.1 Å². The molecule has 0 fully saturated rings. The summed E-state index contributed by atoms with van der Waals surface area (Å²) in [4.78, 5) is 10.8. The van der Waals surface area contributed by atoms with Gasteiger partial charge >= 0.3 is 5.97 Å². The van der Waals surface area contributed by atoms with Crippen LogP contribution in [0, 0.1) is 0 Å². The number of benzene rings is 1. The van der Waals surface area contributed by atoms with Crippen molar-refractivity contribution in [3.8, 4) is 0 Å². The van der Waals surface area contributed by atoms with E-state index < -0.39 is 5.97 Å². The molecule has 1 N–H and O–H groups in total. The van der Waals surface area contributed by atoms with E-state index in [1.165, 1.54) is 6.20 Å². The lowest BCUT2D eigenvalue weighted by atomic mass is 10.1. The minimum atomic E-state index is -0.997. The van der Waals surface area contributed by atoms with Crippen LogP contribution in [0.4, 0.5) is 0 Å². The van der Waals surface area contributed by atoms with E-state index in [2.05, 4.69) is 26.1 Å². The molecule has 0 aliphatic carbocycles. The molecule has 0 atom stereocenters. The molecule has 70 valence electrons. The molecule has 0 saturated carbocycles. The number of hydrogen-bond donors (Lipinski definition) is 1. The zero-order chi connectivity index (χ0) is 10.1. The smallest absolute Gasteiger partial charge is 0.338 e. The molecule has 14 heavy (non-hydrogen) atoms. The average molecular weight is 253 g/mol. The van der Waals surface area contributed by atoms with Crippen molar-refractivity contribution in [2.75, 3.05) is 0 Å². The number of carbonyl (C=O) groups is 1. The summed E-state index contributed by atoms with van der Waals surface area (Å²) in [5.41, 5.74) is 0.726. The second-order valence-electron chi connectivity index (χ2n) is 2.70. The van der Waals surface area contributed by atoms with Crippen LogP contribution in [0.3, 0.4) is 0 Å². The molecule has 0 aliphatic heterocycles. The number of rotatable bonds is 1. The van der Waals surface area contributed by atoms with Gasteiger partial charge in [-0.25, -0.2) is 4.79 Å². The predicted molar refractivity (Wildman–Crippen MR) is 54.2 cm³/mol. The zero-order valence-electron chi connectivity index (χ0n) is 6.94. The van der Waals surface area contributed by atoms with Crippen molar-refractivity contribution >= 4 is 32.8 Å². The van der Waals surface area contributed by atoms with Gasteiger partial charge in [0.05, 0.1) is 11.8 Å². The van der Waals surface area contributed by atoms with Crippen LogP contribution in [-0.2, 0) is 0 Å². The zero-order valence-corrected chi connectivity index (χ0v) is 8.52. The molecule has 0 bridgehead atoms. The van der Waals surface area contributed by atoms with Crippen molar-refractivity contribution in [2.45, 2.75) is 0 Å². The van der Waals surface area contributed by atoms with E-state index in [0.29, 0.717) is 10.9 Å². The Labute approximate surface area is 87.7 Å². The van der Waals surface area contributed by atoms with Gasteiger partial charge in [-0.2, -0.15) is 5.10 Å². The Hall–Kier alpha value is -1.49. The highest BCUT2D eigenvalue weighted by Gasteiger charge is 2.10. The second kappa shape index (κ2) is 3.34. The number of fused-ring (bicyclic) bond motifs is 1. The third-order valence-electron chi connectivity index (χ3n) is 1.85. The van der Waals surface area contributed by atoms with Crippen molar-refractivity contribution in [3.63, 3.8) is 0 Å². The lowest BCUT2D eigenvalue weighted by Gasteiger charge is -2.01. The molecule has 0 aliphatic rings. The van der Waals surface area contributed by atoms with Gasteiger partial charge in [0.2, 0.25) is 0 Å². The van der Waals surface area contributed by atoms with E-state index in [0.717, 1.165) is 4.47 Å². The molecular formula is C9H5BrN2O2. The standard InChI is InChI=1S/C9H5BrN2O2/c10-7-3-1-2-5-6(9(13)14)4-11-12-8(5)7/h1-4H,(H,13,14). The lowest BCUT2D eigenvalue weighted by Crippen LogP contribution is -2.00. The van der Waals surface area contributed by atoms with E-state index >= 15 is 0 Å². The van der Waals surface area contributed by atoms with Crippen LogP contribution < -0.4 is 0 Å². The summed E-state index contributed by atoms with van der Waals surface area (Å²) in [6.07, 6.45) is 1.25. The Morgan fingerprint density at radius 1 is 1.43 bits per heavy atom. The summed E-state index contributed by atoms with van der Waals surface area (Å²) < 4.78 is 0.741. The molecular weight excluding hydrogens is 248 g/mol. The molecule has 0 unspecified atom stereocenters. The molecule has 1 aromatic heterocycles. The monoisotopic (exact) mass is 252 g/mol. The minimum Gasteiger partial charge on any atom is -0.478 e. The number of aromatic nitrogens is 2. The van der Waals surface area contributed by atoms with Gasteiger partial charge < -0.3 is 5.11 Å². The van der Waals surface area contributed by atoms with Gasteiger partial charge in [-0.3, -0.25) is 0 Å². The number of carboxylic acids is 1. The summed E-state index contributed by atoms with van der Waals surface area (Å²) in [5, 5.41) is 17.0. The van der Waals surface area contributed by atoms with E-state index in [4.69, 9.17) is 5.11 Å². The van der Waals surface area contributed by atoms with Crippen LogP contribution >= 0.6 is 15.9 Å². The maximum absolute atomic E-state index is 10.8. The van der Waals surface area contributed by atoms with E-state index in [-0.39, 0.29) is 5.56 Å². The van der Waals surface area contributed by atoms with Crippen molar-refractivity contribution in [2.24, 2.45) is 0 Å². The van der Waals surface area contributed by atoms with Crippen LogP contribution in [0.15, 0.2) is 28.9 Å². The highest BCUT2D eigenvalue weighted by molar-refractivity contribution is 9.10. The Kier molecular flexibility index (Phi) is 2.17. The van der Waals surface area contributed by atoms with Crippen LogP contribution in [0.5, 0.6) is 0 Å². The molecule has 0 saturated heterocycles. The summed E-state index contributed by atoms with van der Waals surface area (Å²) >= 11 is 3.28. The van der Waals surface area contributed by atoms with E-state index in [1.807, 2.05) is 0 Å². The third-order valence-corrected chi connectivity index (χ3v) is 2.49. The maximum atomic E-state index is 10.8. The van der Waals surface area contributed by atoms with Crippen LogP contribution in [0.25, 0.3) is 10.9 Å². The number of hydrogen-bond acceptors (Lipinski definition) is 3. The Morgan fingerprint density at radius 3 is 2.93 bits per heavy atom. The second-order valence-corrected chi connectivity index (χ2v) is 3.55. The number of carboxylic acid groups (broad SMARTS) is 1. The predicted octanol–water partition coefficient (Wildman–Crippen LogP) is 2.09. The fraction of sp³-hybridized carbons (Fsp3) is 0. The number of halogens is 1. The first-order valence-electron chi connectivity index (χ1n) is 3.83. The first kappa shape index (κ1) is 9.08. The summed E-state index contributed by atoms with van der Waals surface area (Å²) in [6, 6.07) is 5.27. The Balaban J connectivity index is 2.88. The van der Waals surface area contributed by atoms with Gasteiger partial charge in [0.25, 0.3) is 0 Å². The van der Waals surface area contributed by atoms with Gasteiger partial charge in [-0.05, 0) is 22.0 Å². The lowest BCUT2D eigenvalue weighted by molar-refractivity contribution is 0.0698. The fourth-order valence-electron chi connectivity index (χ4n) is 1.22. The normalized spacial score (nSPS) is 10.4. The molecule has 0 spiro atoms. The van der Waals surface area contributed by atoms with Gasteiger partial charge in [0, 0.05) is 9.86 Å². The topological polar surface area (TPSA) is 63.1 Å². The summed E-state index contributed by atoms with van der Waals surface area (Å²) in [6.45, 7) is 0. The van der Waals surface area contributed by atoms with Gasteiger partial charge in [0.1, 0.15) is 5.52 Å². The molecule has 1 heterocycles. The molecule has 0 radical (unpaired) electrons. The van der Waals surface area contributed by atoms with Crippen LogP contribution in [0.1, 0.15) is 10.4 Å². The van der Waals surface area contributed by atoms with Crippen molar-refractivity contribution in [3.05, 3.63) is 34.4 Å². The highest BCUT2D eigenvalue weighted by atomic mass is 79.9. The molecule has 2 aromatic rings. The Bertz CT molecular complexity index is 513. The van der Waals surface area contributed by atoms with Crippen molar-refractivity contribution in [1.82, 2.24) is 10.2 Å². The molecule has 4 nitrogen and oxygen atoms in total. The number of nitrogens with zero attached hydrogens (tertiary/aromatic N) is 2. The number of aromatic carboxylic acids is 1. The fourth-order valence-corrected chi connectivity index (χ4v) is 1.66. The quantitative estimate of drug-likeness (QED) is 0.845. The minimum absolute atomic E-state index is 0.163. The van der Waals surface area contributed by atoms with Crippen molar-refractivity contribution in [1.29, 1.82) is 0 Å². The summed E-state index contributed by atoms with van der Waals surface area (Å²) in [5.74, 6) is -0.997. The first-order valence-corrected chi connectivity index (χ1v) is 4.62. The molecule has 5 heteroatoms. The first-order chi connectivity index (χ1) is 6.70. The van der Waals surface area contributed by atoms with Crippen molar-refractivity contribution < 1.29 is 9.90 Å². The third kappa shape index (κ3) is 1.35. The molecule has 1 aromatic carbocycles. The van der Waals surface area contributed by atoms with E-state index in [1.54, 1.807) is 18.2 Å². The SMILES string of the molecule is O=C(O)c1cnnc2c(Br)cccc12. The Morgan fingerprint density at radius 2 is 2.21 bits per heavy atom. The molecule has 2 rings (SSSR count). The van der Waals surface area contributed by atoms with Crippen LogP contribution in [0.2, 0.25) is 0 Å². The molecule has 0 amide bonds. The maximum Gasteiger partial charge on any atom is 0.338 e. The van der Waals surface area contributed by atoms with Gasteiger partial charge in [0.15, 0.2) is 0 Å². The van der Waals surface area contributed by atoms with E-state index in [9.17, 15) is 4.79 Å². The largest absolute Gasteiger partial charge is 0.478 e. The highest BCUT2D eigenvalue weighted by Crippen LogP contribution is 2.23. The van der Waals surface area contributed by atoms with Gasteiger partial charge in [-0.15, -0.1) is 5.10 Å².